The molecule has 0 aliphatic rings. The van der Waals surface area contributed by atoms with E-state index in [-0.39, 0.29) is 11.6 Å². The van der Waals surface area contributed by atoms with Crippen LogP contribution in [0.1, 0.15) is 12.5 Å². The van der Waals surface area contributed by atoms with Crippen molar-refractivity contribution in [1.29, 1.82) is 0 Å². The van der Waals surface area contributed by atoms with Crippen LogP contribution in [0.25, 0.3) is 11.3 Å². The zero-order valence-electron chi connectivity index (χ0n) is 16.3. The molecule has 1 heterocycles. The first kappa shape index (κ1) is 19.9. The molecule has 0 amide bonds. The van der Waals surface area contributed by atoms with Crippen molar-refractivity contribution in [2.75, 3.05) is 26.3 Å². The summed E-state index contributed by atoms with van der Waals surface area (Å²) in [6.45, 7) is 2.42. The smallest absolute Gasteiger partial charge is 0.279 e. The minimum absolute atomic E-state index is 0.114. The lowest BCUT2D eigenvalue weighted by atomic mass is 10.1. The number of anilines is 1. The fourth-order valence-electron chi connectivity index (χ4n) is 2.61. The number of benzene rings is 2. The van der Waals surface area contributed by atoms with E-state index < -0.39 is 5.56 Å². The van der Waals surface area contributed by atoms with Gasteiger partial charge in [-0.3, -0.25) is 9.78 Å². The van der Waals surface area contributed by atoms with Gasteiger partial charge in [0.25, 0.3) is 5.56 Å². The molecule has 0 atom stereocenters. The van der Waals surface area contributed by atoms with Gasteiger partial charge in [0.1, 0.15) is 5.75 Å². The molecule has 9 nitrogen and oxygen atoms in total. The van der Waals surface area contributed by atoms with Crippen molar-refractivity contribution in [3.63, 3.8) is 0 Å². The molecule has 0 bridgehead atoms. The molecule has 2 aromatic carbocycles. The molecular weight excluding hydrogens is 374 g/mol. The molecule has 3 rings (SSSR count). The summed E-state index contributed by atoms with van der Waals surface area (Å²) >= 11 is 0. The second kappa shape index (κ2) is 9.36. The summed E-state index contributed by atoms with van der Waals surface area (Å²) in [7, 11) is 3.13. The predicted octanol–water partition coefficient (Wildman–Crippen LogP) is 2.69. The molecule has 2 N–H and O–H groups in total. The maximum absolute atomic E-state index is 12.3. The van der Waals surface area contributed by atoms with Crippen LogP contribution in [0, 0.1) is 0 Å². The number of methoxy groups -OCH3 is 2. The number of hydrogen-bond donors (Lipinski definition) is 2. The number of rotatable bonds is 8. The molecule has 0 aliphatic heterocycles. The Morgan fingerprint density at radius 3 is 2.55 bits per heavy atom. The van der Waals surface area contributed by atoms with Crippen molar-refractivity contribution in [3.05, 3.63) is 58.4 Å². The number of aromatic nitrogens is 3. The lowest BCUT2D eigenvalue weighted by molar-refractivity contribution is 0.311. The van der Waals surface area contributed by atoms with Gasteiger partial charge >= 0.3 is 0 Å². The summed E-state index contributed by atoms with van der Waals surface area (Å²) in [5.74, 6) is 1.99. The number of hydrogen-bond acceptors (Lipinski definition) is 8. The van der Waals surface area contributed by atoms with Gasteiger partial charge in [-0.1, -0.05) is 6.07 Å². The van der Waals surface area contributed by atoms with Crippen LogP contribution in [0.2, 0.25) is 0 Å². The highest BCUT2D eigenvalue weighted by molar-refractivity contribution is 5.85. The highest BCUT2D eigenvalue weighted by atomic mass is 16.5. The zero-order valence-corrected chi connectivity index (χ0v) is 16.3. The largest absolute Gasteiger partial charge is 0.497 e. The number of H-pyrrole nitrogens is 1. The van der Waals surface area contributed by atoms with Crippen LogP contribution in [0.5, 0.6) is 17.2 Å². The third-order valence-corrected chi connectivity index (χ3v) is 3.95. The predicted molar refractivity (Wildman–Crippen MR) is 110 cm³/mol. The summed E-state index contributed by atoms with van der Waals surface area (Å²) in [5, 5.41) is 12.0. The van der Waals surface area contributed by atoms with Crippen LogP contribution < -0.4 is 25.2 Å². The molecule has 150 valence electrons. The average molecular weight is 395 g/mol. The standard InChI is InChI=1S/C20H21N5O4/c1-4-29-16-7-5-6-14(18(16)28-3)12-21-24-20-22-19(26)17(23-25-20)13-8-10-15(27-2)11-9-13/h5-12H,4H2,1-3H3,(H2,22,24,25,26)/b21-12+. The molecule has 0 spiro atoms. The molecule has 1 aromatic heterocycles. The monoisotopic (exact) mass is 395 g/mol. The Morgan fingerprint density at radius 2 is 1.90 bits per heavy atom. The fraction of sp³-hybridized carbons (Fsp3) is 0.200. The van der Waals surface area contributed by atoms with E-state index in [2.05, 4.69) is 25.7 Å². The van der Waals surface area contributed by atoms with Crippen LogP contribution in [0.15, 0.2) is 52.4 Å². The summed E-state index contributed by atoms with van der Waals surface area (Å²) in [6, 6.07) is 12.4. The Bertz CT molecular complexity index is 1050. The minimum Gasteiger partial charge on any atom is -0.497 e. The Balaban J connectivity index is 1.75. The van der Waals surface area contributed by atoms with Gasteiger partial charge in [0.15, 0.2) is 17.2 Å². The highest BCUT2D eigenvalue weighted by Crippen LogP contribution is 2.29. The summed E-state index contributed by atoms with van der Waals surface area (Å²) in [6.07, 6.45) is 1.54. The van der Waals surface area contributed by atoms with Crippen LogP contribution >= 0.6 is 0 Å². The molecule has 0 aliphatic carbocycles. The van der Waals surface area contributed by atoms with E-state index in [1.807, 2.05) is 25.1 Å². The number of para-hydroxylation sites is 1. The van der Waals surface area contributed by atoms with Gasteiger partial charge in [-0.2, -0.15) is 5.10 Å². The molecule has 3 aromatic rings. The van der Waals surface area contributed by atoms with Crippen molar-refractivity contribution in [1.82, 2.24) is 15.2 Å². The Labute approximate surface area is 167 Å². The Morgan fingerprint density at radius 1 is 1.10 bits per heavy atom. The third kappa shape index (κ3) is 4.70. The van der Waals surface area contributed by atoms with Crippen LogP contribution in [0.4, 0.5) is 5.95 Å². The minimum atomic E-state index is -0.390. The molecule has 0 saturated heterocycles. The lowest BCUT2D eigenvalue weighted by Gasteiger charge is -2.11. The van der Waals surface area contributed by atoms with Crippen molar-refractivity contribution >= 4 is 12.2 Å². The summed E-state index contributed by atoms with van der Waals surface area (Å²) in [4.78, 5) is 14.9. The fourth-order valence-corrected chi connectivity index (χ4v) is 2.61. The van der Waals surface area contributed by atoms with E-state index in [1.165, 1.54) is 0 Å². The quantitative estimate of drug-likeness (QED) is 0.446. The average Bonchev–Trinajstić information content (AvgIpc) is 2.74. The SMILES string of the molecule is CCOc1cccc(/C=N/Nc2nnc(-c3ccc(OC)cc3)c(=O)[nH]2)c1OC. The number of hydrazone groups is 1. The maximum atomic E-state index is 12.3. The van der Waals surface area contributed by atoms with E-state index in [9.17, 15) is 4.79 Å². The van der Waals surface area contributed by atoms with Gasteiger partial charge in [-0.05, 0) is 43.3 Å². The number of nitrogens with zero attached hydrogens (tertiary/aromatic N) is 3. The van der Waals surface area contributed by atoms with Gasteiger partial charge < -0.3 is 14.2 Å². The Kier molecular flexibility index (Phi) is 6.41. The van der Waals surface area contributed by atoms with E-state index in [0.717, 1.165) is 0 Å². The molecule has 0 radical (unpaired) electrons. The van der Waals surface area contributed by atoms with Gasteiger partial charge in [0.05, 0.1) is 27.0 Å². The van der Waals surface area contributed by atoms with E-state index >= 15 is 0 Å². The van der Waals surface area contributed by atoms with Gasteiger partial charge in [-0.15, -0.1) is 10.2 Å². The van der Waals surface area contributed by atoms with Crippen molar-refractivity contribution in [2.45, 2.75) is 6.92 Å². The number of ether oxygens (including phenoxy) is 3. The highest BCUT2D eigenvalue weighted by Gasteiger charge is 2.09. The van der Waals surface area contributed by atoms with Gasteiger partial charge in [-0.25, -0.2) is 5.43 Å². The topological polar surface area (TPSA) is 111 Å². The van der Waals surface area contributed by atoms with E-state index in [1.54, 1.807) is 44.7 Å². The second-order valence-corrected chi connectivity index (χ2v) is 5.76. The Hall–Kier alpha value is -3.88. The van der Waals surface area contributed by atoms with Crippen molar-refractivity contribution in [2.24, 2.45) is 5.10 Å². The zero-order chi connectivity index (χ0) is 20.6. The molecule has 0 unspecified atom stereocenters. The molecular formula is C20H21N5O4. The van der Waals surface area contributed by atoms with Crippen LogP contribution in [0.3, 0.4) is 0 Å². The van der Waals surface area contributed by atoms with Gasteiger partial charge in [0.2, 0.25) is 5.95 Å². The third-order valence-electron chi connectivity index (χ3n) is 3.95. The number of nitrogens with one attached hydrogen (secondary N) is 2. The van der Waals surface area contributed by atoms with E-state index in [4.69, 9.17) is 14.2 Å². The molecule has 29 heavy (non-hydrogen) atoms. The summed E-state index contributed by atoms with van der Waals surface area (Å²) < 4.78 is 16.0. The lowest BCUT2D eigenvalue weighted by Crippen LogP contribution is -2.15. The van der Waals surface area contributed by atoms with Crippen LogP contribution in [-0.2, 0) is 0 Å². The van der Waals surface area contributed by atoms with Gasteiger partial charge in [0, 0.05) is 11.1 Å². The van der Waals surface area contributed by atoms with Crippen molar-refractivity contribution < 1.29 is 14.2 Å². The first-order valence-electron chi connectivity index (χ1n) is 8.86. The second-order valence-electron chi connectivity index (χ2n) is 5.76. The number of aromatic amines is 1. The summed E-state index contributed by atoms with van der Waals surface area (Å²) in [5.41, 5.74) is 3.81. The van der Waals surface area contributed by atoms with E-state index in [0.29, 0.717) is 35.0 Å². The molecule has 0 fully saturated rings. The van der Waals surface area contributed by atoms with Crippen molar-refractivity contribution in [3.8, 4) is 28.5 Å². The van der Waals surface area contributed by atoms with Crippen LogP contribution in [-0.4, -0.2) is 42.2 Å². The molecule has 9 heteroatoms. The normalized spacial score (nSPS) is 10.7. The maximum Gasteiger partial charge on any atom is 0.279 e. The molecule has 0 saturated carbocycles. The first-order chi connectivity index (χ1) is 14.2. The first-order valence-corrected chi connectivity index (χ1v) is 8.86.